The Balaban J connectivity index is 2.18. The number of hydrazone groups is 1. The van der Waals surface area contributed by atoms with Gasteiger partial charge in [0.15, 0.2) is 0 Å². The summed E-state index contributed by atoms with van der Waals surface area (Å²) < 4.78 is 0. The van der Waals surface area contributed by atoms with Crippen LogP contribution in [0.25, 0.3) is 0 Å². The van der Waals surface area contributed by atoms with Crippen LogP contribution in [0.2, 0.25) is 0 Å². The van der Waals surface area contributed by atoms with Crippen LogP contribution >= 0.6 is 0 Å². The number of pyridine rings is 1. The maximum absolute atomic E-state index is 11.8. The molecule has 2 rings (SSSR count). The monoisotopic (exact) mass is 247 g/mol. The van der Waals surface area contributed by atoms with Crippen LogP contribution in [-0.2, 0) is 0 Å². The summed E-state index contributed by atoms with van der Waals surface area (Å²) in [5.41, 5.74) is 4.34. The van der Waals surface area contributed by atoms with E-state index in [4.69, 9.17) is 0 Å². The number of anilines is 1. The van der Waals surface area contributed by atoms with Crippen LogP contribution in [0.15, 0.2) is 29.6 Å². The van der Waals surface area contributed by atoms with Gasteiger partial charge in [-0.15, -0.1) is 0 Å². The molecular formula is C12H17N5O. The molecule has 2 amide bonds. The molecule has 2 heterocycles. The number of urea groups is 1. The fourth-order valence-electron chi connectivity index (χ4n) is 1.68. The van der Waals surface area contributed by atoms with Crippen molar-refractivity contribution in [2.75, 3.05) is 18.6 Å². The van der Waals surface area contributed by atoms with Gasteiger partial charge in [0.2, 0.25) is 0 Å². The van der Waals surface area contributed by atoms with E-state index in [1.54, 1.807) is 22.4 Å². The van der Waals surface area contributed by atoms with Crippen LogP contribution in [0.4, 0.5) is 10.5 Å². The van der Waals surface area contributed by atoms with Gasteiger partial charge in [-0.2, -0.15) is 5.10 Å². The SMILES string of the molecule is CC(C)C1=NNC(=O)N(N(C)c2cccnc2)C1. The first kappa shape index (κ1) is 12.3. The van der Waals surface area contributed by atoms with Gasteiger partial charge in [0, 0.05) is 13.2 Å². The maximum Gasteiger partial charge on any atom is 0.356 e. The van der Waals surface area contributed by atoms with Crippen LogP contribution in [0.5, 0.6) is 0 Å². The molecule has 0 bridgehead atoms. The van der Waals surface area contributed by atoms with E-state index in [0.717, 1.165) is 11.4 Å². The van der Waals surface area contributed by atoms with Crippen molar-refractivity contribution in [3.8, 4) is 0 Å². The summed E-state index contributed by atoms with van der Waals surface area (Å²) in [7, 11) is 1.83. The molecule has 96 valence electrons. The number of hydrogen-bond acceptors (Lipinski definition) is 4. The molecule has 1 N–H and O–H groups in total. The van der Waals surface area contributed by atoms with Crippen LogP contribution in [0.1, 0.15) is 13.8 Å². The largest absolute Gasteiger partial charge is 0.356 e. The summed E-state index contributed by atoms with van der Waals surface area (Å²) in [4.78, 5) is 15.9. The van der Waals surface area contributed by atoms with E-state index in [1.165, 1.54) is 0 Å². The lowest BCUT2D eigenvalue weighted by molar-refractivity contribution is 0.199. The predicted octanol–water partition coefficient (Wildman–Crippen LogP) is 1.47. The molecule has 18 heavy (non-hydrogen) atoms. The maximum atomic E-state index is 11.8. The van der Waals surface area contributed by atoms with Crippen molar-refractivity contribution in [3.63, 3.8) is 0 Å². The third-order valence-electron chi connectivity index (χ3n) is 2.89. The number of rotatable bonds is 3. The lowest BCUT2D eigenvalue weighted by Crippen LogP contribution is -2.54. The van der Waals surface area contributed by atoms with Crippen molar-refractivity contribution < 1.29 is 4.79 Å². The smallest absolute Gasteiger partial charge is 0.283 e. The van der Waals surface area contributed by atoms with Gasteiger partial charge >= 0.3 is 6.03 Å². The highest BCUT2D eigenvalue weighted by Crippen LogP contribution is 2.15. The number of carbonyl (C=O) groups excluding carboxylic acids is 1. The summed E-state index contributed by atoms with van der Waals surface area (Å²) in [5.74, 6) is 0.301. The molecule has 0 radical (unpaired) electrons. The number of amides is 2. The molecule has 0 fully saturated rings. The van der Waals surface area contributed by atoms with Crippen molar-refractivity contribution in [2.24, 2.45) is 11.0 Å². The summed E-state index contributed by atoms with van der Waals surface area (Å²) in [6, 6.07) is 3.51. The van der Waals surface area contributed by atoms with E-state index in [-0.39, 0.29) is 6.03 Å². The van der Waals surface area contributed by atoms with E-state index in [1.807, 2.05) is 19.2 Å². The molecule has 1 aliphatic heterocycles. The van der Waals surface area contributed by atoms with Gasteiger partial charge in [0.25, 0.3) is 0 Å². The number of nitrogens with one attached hydrogen (secondary N) is 1. The molecule has 0 spiro atoms. The summed E-state index contributed by atoms with van der Waals surface area (Å²) in [6.45, 7) is 4.60. The number of aromatic nitrogens is 1. The highest BCUT2D eigenvalue weighted by atomic mass is 16.2. The number of hydrogen-bond donors (Lipinski definition) is 1. The van der Waals surface area contributed by atoms with Crippen LogP contribution in [0.3, 0.4) is 0 Å². The van der Waals surface area contributed by atoms with E-state index in [9.17, 15) is 4.79 Å². The zero-order valence-corrected chi connectivity index (χ0v) is 10.8. The second kappa shape index (κ2) is 5.03. The number of carbonyl (C=O) groups is 1. The van der Waals surface area contributed by atoms with Crippen molar-refractivity contribution in [1.82, 2.24) is 15.4 Å². The Morgan fingerprint density at radius 1 is 1.50 bits per heavy atom. The molecule has 6 nitrogen and oxygen atoms in total. The Morgan fingerprint density at radius 2 is 2.28 bits per heavy atom. The first-order chi connectivity index (χ1) is 8.59. The topological polar surface area (TPSA) is 60.8 Å². The molecule has 0 saturated carbocycles. The van der Waals surface area contributed by atoms with Gasteiger partial charge in [0.05, 0.1) is 24.1 Å². The zero-order valence-electron chi connectivity index (χ0n) is 10.8. The molecule has 0 unspecified atom stereocenters. The zero-order chi connectivity index (χ0) is 13.1. The van der Waals surface area contributed by atoms with Crippen LogP contribution in [0, 0.1) is 5.92 Å². The van der Waals surface area contributed by atoms with Gasteiger partial charge < -0.3 is 0 Å². The standard InChI is InChI=1S/C12H17N5O/c1-9(2)11-8-17(12(18)15-14-11)16(3)10-5-4-6-13-7-10/h4-7,9H,8H2,1-3H3,(H,15,18). The quantitative estimate of drug-likeness (QED) is 0.879. The van der Waals surface area contributed by atoms with Gasteiger partial charge in [-0.3, -0.25) is 9.99 Å². The Hall–Kier alpha value is -2.11. The molecule has 0 aromatic carbocycles. The second-order valence-electron chi connectivity index (χ2n) is 4.47. The first-order valence-electron chi connectivity index (χ1n) is 5.87. The normalized spacial score (nSPS) is 15.4. The van der Waals surface area contributed by atoms with Gasteiger partial charge in [0.1, 0.15) is 0 Å². The van der Waals surface area contributed by atoms with Crippen molar-refractivity contribution in [3.05, 3.63) is 24.5 Å². The lowest BCUT2D eigenvalue weighted by Gasteiger charge is -2.35. The Morgan fingerprint density at radius 3 is 2.89 bits per heavy atom. The van der Waals surface area contributed by atoms with Crippen LogP contribution in [-0.4, -0.2) is 35.3 Å². The van der Waals surface area contributed by atoms with Gasteiger partial charge in [-0.1, -0.05) is 13.8 Å². The third kappa shape index (κ3) is 2.42. The minimum Gasteiger partial charge on any atom is -0.283 e. The lowest BCUT2D eigenvalue weighted by atomic mass is 10.1. The molecule has 1 aromatic heterocycles. The molecule has 0 aliphatic carbocycles. The van der Waals surface area contributed by atoms with Crippen molar-refractivity contribution in [2.45, 2.75) is 13.8 Å². The Bertz CT molecular complexity index is 457. The third-order valence-corrected chi connectivity index (χ3v) is 2.89. The molecular weight excluding hydrogens is 230 g/mol. The summed E-state index contributed by atoms with van der Waals surface area (Å²) in [6.07, 6.45) is 3.42. The number of hydrazine groups is 1. The summed E-state index contributed by atoms with van der Waals surface area (Å²) >= 11 is 0. The molecule has 1 aliphatic rings. The van der Waals surface area contributed by atoms with E-state index >= 15 is 0 Å². The highest BCUT2D eigenvalue weighted by Gasteiger charge is 2.25. The molecule has 0 atom stereocenters. The first-order valence-corrected chi connectivity index (χ1v) is 5.87. The predicted molar refractivity (Wildman–Crippen MR) is 70.2 cm³/mol. The molecule has 0 saturated heterocycles. The van der Waals surface area contributed by atoms with Crippen molar-refractivity contribution >= 4 is 17.4 Å². The van der Waals surface area contributed by atoms with E-state index < -0.39 is 0 Å². The molecule has 1 aromatic rings. The average molecular weight is 247 g/mol. The Labute approximate surface area is 106 Å². The minimum atomic E-state index is -0.231. The van der Waals surface area contributed by atoms with E-state index in [0.29, 0.717) is 12.5 Å². The van der Waals surface area contributed by atoms with Crippen LogP contribution < -0.4 is 10.4 Å². The van der Waals surface area contributed by atoms with E-state index in [2.05, 4.69) is 29.4 Å². The second-order valence-corrected chi connectivity index (χ2v) is 4.47. The fourth-order valence-corrected chi connectivity index (χ4v) is 1.68. The average Bonchev–Trinajstić information content (AvgIpc) is 2.39. The van der Waals surface area contributed by atoms with Gasteiger partial charge in [-0.25, -0.2) is 15.2 Å². The number of nitrogens with zero attached hydrogens (tertiary/aromatic N) is 4. The molecule has 6 heteroatoms. The fraction of sp³-hybridized carbons (Fsp3) is 0.417. The minimum absolute atomic E-state index is 0.231. The summed E-state index contributed by atoms with van der Waals surface area (Å²) in [5, 5.41) is 7.46. The highest BCUT2D eigenvalue weighted by molar-refractivity contribution is 5.94. The van der Waals surface area contributed by atoms with Crippen molar-refractivity contribution in [1.29, 1.82) is 0 Å². The Kier molecular flexibility index (Phi) is 3.45. The van der Waals surface area contributed by atoms with Gasteiger partial charge in [-0.05, 0) is 18.1 Å².